The number of esters is 1. The fourth-order valence-electron chi connectivity index (χ4n) is 1.16. The Balaban J connectivity index is 2.49. The third kappa shape index (κ3) is 3.64. The Kier molecular flexibility index (Phi) is 4.95. The smallest absolute Gasteiger partial charge is 0.339 e. The first-order valence-corrected chi connectivity index (χ1v) is 5.30. The Labute approximate surface area is 95.0 Å². The topological polar surface area (TPSA) is 72.5 Å². The average molecular weight is 223 g/mol. The number of rotatable bonds is 5. The summed E-state index contributed by atoms with van der Waals surface area (Å²) >= 11 is 0. The Hall–Kier alpha value is -1.39. The highest BCUT2D eigenvalue weighted by atomic mass is 16.5. The van der Waals surface area contributed by atoms with Crippen molar-refractivity contribution >= 4 is 5.97 Å². The van der Waals surface area contributed by atoms with E-state index in [2.05, 4.69) is 0 Å². The summed E-state index contributed by atoms with van der Waals surface area (Å²) in [4.78, 5) is 11.4. The molecule has 0 spiro atoms. The Morgan fingerprint density at radius 3 is 2.62 bits per heavy atom. The minimum Gasteiger partial charge on any atom is -0.462 e. The molecule has 0 heterocycles. The maximum absolute atomic E-state index is 11.4. The van der Waals surface area contributed by atoms with Gasteiger partial charge in [-0.3, -0.25) is 0 Å². The molecule has 0 aliphatic rings. The Bertz CT molecular complexity index is 326. The van der Waals surface area contributed by atoms with E-state index in [1.54, 1.807) is 24.3 Å². The van der Waals surface area contributed by atoms with Crippen LogP contribution in [0.4, 0.5) is 0 Å². The highest BCUT2D eigenvalue weighted by Crippen LogP contribution is 2.13. The third-order valence-electron chi connectivity index (χ3n) is 2.30. The van der Waals surface area contributed by atoms with Crippen molar-refractivity contribution in [1.29, 1.82) is 0 Å². The zero-order valence-electron chi connectivity index (χ0n) is 9.30. The van der Waals surface area contributed by atoms with Crippen LogP contribution in [0.25, 0.3) is 0 Å². The van der Waals surface area contributed by atoms with Crippen LogP contribution in [0, 0.1) is 0 Å². The molecule has 2 atom stereocenters. The number of aliphatic hydroxyl groups is 1. The van der Waals surface area contributed by atoms with Gasteiger partial charge < -0.3 is 15.6 Å². The summed E-state index contributed by atoms with van der Waals surface area (Å²) in [5.74, 6) is -0.657. The summed E-state index contributed by atoms with van der Waals surface area (Å²) in [6, 6.07) is 8.49. The van der Waals surface area contributed by atoms with Gasteiger partial charge in [-0.25, -0.2) is 4.79 Å². The van der Waals surface area contributed by atoms with Gasteiger partial charge in [-0.05, 0) is 12.0 Å². The van der Waals surface area contributed by atoms with Gasteiger partial charge in [0.1, 0.15) is 6.61 Å². The van der Waals surface area contributed by atoms with Gasteiger partial charge in [0.15, 0.2) is 6.10 Å². The Morgan fingerprint density at radius 1 is 1.44 bits per heavy atom. The van der Waals surface area contributed by atoms with Crippen LogP contribution in [0.2, 0.25) is 0 Å². The molecule has 1 rings (SSSR count). The molecular weight excluding hydrogens is 206 g/mol. The highest BCUT2D eigenvalue weighted by Gasteiger charge is 2.19. The number of hydrogen-bond donors (Lipinski definition) is 2. The molecule has 16 heavy (non-hydrogen) atoms. The molecule has 0 saturated carbocycles. The maximum Gasteiger partial charge on any atom is 0.339 e. The molecule has 88 valence electrons. The van der Waals surface area contributed by atoms with E-state index >= 15 is 0 Å². The van der Waals surface area contributed by atoms with Gasteiger partial charge in [0.2, 0.25) is 0 Å². The number of ether oxygens (including phenoxy) is 1. The van der Waals surface area contributed by atoms with Gasteiger partial charge in [0.25, 0.3) is 0 Å². The molecule has 0 fully saturated rings. The number of nitrogens with two attached hydrogens (primary N) is 1. The monoisotopic (exact) mass is 223 g/mol. The van der Waals surface area contributed by atoms with E-state index < -0.39 is 12.1 Å². The Morgan fingerprint density at radius 2 is 2.06 bits per heavy atom. The lowest BCUT2D eigenvalue weighted by molar-refractivity contribution is -0.154. The number of benzene rings is 1. The van der Waals surface area contributed by atoms with Crippen LogP contribution < -0.4 is 5.73 Å². The van der Waals surface area contributed by atoms with Crippen molar-refractivity contribution in [3.63, 3.8) is 0 Å². The van der Waals surface area contributed by atoms with Crippen molar-refractivity contribution in [3.8, 4) is 0 Å². The normalized spacial score (nSPS) is 14.2. The van der Waals surface area contributed by atoms with E-state index in [1.807, 2.05) is 13.0 Å². The van der Waals surface area contributed by atoms with Crippen LogP contribution in [0.1, 0.15) is 25.0 Å². The molecule has 0 amide bonds. The lowest BCUT2D eigenvalue weighted by atomic mass is 10.1. The zero-order chi connectivity index (χ0) is 12.0. The maximum atomic E-state index is 11.4. The van der Waals surface area contributed by atoms with Crippen molar-refractivity contribution < 1.29 is 14.6 Å². The van der Waals surface area contributed by atoms with E-state index in [1.165, 1.54) is 0 Å². The molecule has 0 aliphatic heterocycles. The molecule has 3 N–H and O–H groups in total. The molecule has 0 aliphatic carbocycles. The van der Waals surface area contributed by atoms with E-state index in [-0.39, 0.29) is 12.6 Å². The fraction of sp³-hybridized carbons (Fsp3) is 0.417. The second-order valence-corrected chi connectivity index (χ2v) is 3.61. The quantitative estimate of drug-likeness (QED) is 0.730. The molecule has 0 bridgehead atoms. The molecule has 0 radical (unpaired) electrons. The summed E-state index contributed by atoms with van der Waals surface area (Å²) in [5, 5.41) is 9.66. The van der Waals surface area contributed by atoms with Gasteiger partial charge in [-0.1, -0.05) is 37.3 Å². The minimum absolute atomic E-state index is 0.138. The molecule has 1 aromatic carbocycles. The summed E-state index contributed by atoms with van der Waals surface area (Å²) in [5.41, 5.74) is 6.13. The second-order valence-electron chi connectivity index (χ2n) is 3.61. The van der Waals surface area contributed by atoms with E-state index in [9.17, 15) is 9.90 Å². The van der Waals surface area contributed by atoms with E-state index in [0.717, 1.165) is 6.42 Å². The standard InChI is InChI=1S/C12H17NO3/c1-2-10(13)8-16-12(15)11(14)9-6-4-3-5-7-9/h3-7,10-11,14H,2,8,13H2,1H3/t10?,11-/m0/s1. The second kappa shape index (κ2) is 6.25. The lowest BCUT2D eigenvalue weighted by Gasteiger charge is -2.13. The average Bonchev–Trinajstić information content (AvgIpc) is 2.35. The van der Waals surface area contributed by atoms with Gasteiger partial charge in [0, 0.05) is 6.04 Å². The van der Waals surface area contributed by atoms with Gasteiger partial charge in [-0.15, -0.1) is 0 Å². The largest absolute Gasteiger partial charge is 0.462 e. The minimum atomic E-state index is -1.23. The van der Waals surface area contributed by atoms with Gasteiger partial charge in [0.05, 0.1) is 0 Å². The van der Waals surface area contributed by atoms with Crippen molar-refractivity contribution in [1.82, 2.24) is 0 Å². The van der Waals surface area contributed by atoms with E-state index in [4.69, 9.17) is 10.5 Å². The molecule has 4 heteroatoms. The molecule has 1 unspecified atom stereocenters. The highest BCUT2D eigenvalue weighted by molar-refractivity contribution is 5.76. The first kappa shape index (κ1) is 12.7. The first-order chi connectivity index (χ1) is 7.65. The molecule has 0 aromatic heterocycles. The van der Waals surface area contributed by atoms with Crippen LogP contribution >= 0.6 is 0 Å². The third-order valence-corrected chi connectivity index (χ3v) is 2.30. The van der Waals surface area contributed by atoms with Crippen molar-refractivity contribution in [2.75, 3.05) is 6.61 Å². The van der Waals surface area contributed by atoms with E-state index in [0.29, 0.717) is 5.56 Å². The van der Waals surface area contributed by atoms with Crippen molar-refractivity contribution in [2.24, 2.45) is 5.73 Å². The summed E-state index contributed by atoms with van der Waals surface area (Å²) in [6.45, 7) is 2.05. The SMILES string of the molecule is CCC(N)COC(=O)[C@@H](O)c1ccccc1. The number of carbonyl (C=O) groups is 1. The predicted molar refractivity (Wildman–Crippen MR) is 60.6 cm³/mol. The van der Waals surface area contributed by atoms with Gasteiger partial charge in [-0.2, -0.15) is 0 Å². The first-order valence-electron chi connectivity index (χ1n) is 5.30. The molecule has 1 aromatic rings. The molecule has 4 nitrogen and oxygen atoms in total. The fourth-order valence-corrected chi connectivity index (χ4v) is 1.16. The van der Waals surface area contributed by atoms with Crippen LogP contribution in [0.15, 0.2) is 30.3 Å². The summed E-state index contributed by atoms with van der Waals surface area (Å²) in [7, 11) is 0. The van der Waals surface area contributed by atoms with Crippen LogP contribution in [0.5, 0.6) is 0 Å². The summed E-state index contributed by atoms with van der Waals surface area (Å²) in [6.07, 6.45) is -0.500. The van der Waals surface area contributed by atoms with Crippen molar-refractivity contribution in [2.45, 2.75) is 25.5 Å². The summed E-state index contributed by atoms with van der Waals surface area (Å²) < 4.78 is 4.90. The van der Waals surface area contributed by atoms with Gasteiger partial charge >= 0.3 is 5.97 Å². The zero-order valence-corrected chi connectivity index (χ0v) is 9.30. The van der Waals surface area contributed by atoms with Crippen molar-refractivity contribution in [3.05, 3.63) is 35.9 Å². The number of hydrogen-bond acceptors (Lipinski definition) is 4. The molecular formula is C12H17NO3. The van der Waals surface area contributed by atoms with Crippen LogP contribution in [-0.4, -0.2) is 23.7 Å². The van der Waals surface area contributed by atoms with Crippen LogP contribution in [0.3, 0.4) is 0 Å². The lowest BCUT2D eigenvalue weighted by Crippen LogP contribution is -2.28. The molecule has 0 saturated heterocycles. The van der Waals surface area contributed by atoms with Crippen LogP contribution in [-0.2, 0) is 9.53 Å². The predicted octanol–water partition coefficient (Wildman–Crippen LogP) is 1.00. The number of aliphatic hydroxyl groups excluding tert-OH is 1. The number of carbonyl (C=O) groups excluding carboxylic acids is 1.